The predicted octanol–water partition coefficient (Wildman–Crippen LogP) is 6.08. The fourth-order valence-electron chi connectivity index (χ4n) is 4.91. The summed E-state index contributed by atoms with van der Waals surface area (Å²) in [5.74, 6) is -1.02. The van der Waals surface area contributed by atoms with Crippen LogP contribution in [0.3, 0.4) is 0 Å². The normalized spacial score (nSPS) is 12.2. The zero-order valence-corrected chi connectivity index (χ0v) is 25.7. The van der Waals surface area contributed by atoms with Gasteiger partial charge in [-0.1, -0.05) is 20.8 Å². The van der Waals surface area contributed by atoms with Crippen molar-refractivity contribution in [2.75, 3.05) is 17.3 Å². The largest absolute Gasteiger partial charge is 0.337 e. The fourth-order valence-corrected chi connectivity index (χ4v) is 5.51. The lowest BCUT2D eigenvalue weighted by molar-refractivity contribution is -0.123. The van der Waals surface area contributed by atoms with Crippen molar-refractivity contribution in [3.8, 4) is 33.9 Å². The number of benzene rings is 2. The summed E-state index contributed by atoms with van der Waals surface area (Å²) in [7, 11) is -3.24. The van der Waals surface area contributed by atoms with E-state index in [4.69, 9.17) is 4.98 Å². The molecule has 0 radical (unpaired) electrons. The van der Waals surface area contributed by atoms with E-state index in [9.17, 15) is 17.6 Å². The molecule has 6 rings (SSSR count). The van der Waals surface area contributed by atoms with Crippen LogP contribution in [-0.4, -0.2) is 56.5 Å². The number of aromatic nitrogens is 6. The van der Waals surface area contributed by atoms with E-state index in [2.05, 4.69) is 30.5 Å². The number of sulfone groups is 1. The van der Waals surface area contributed by atoms with Crippen LogP contribution in [0.4, 0.5) is 14.5 Å². The lowest BCUT2D eigenvalue weighted by Gasteiger charge is -2.17. The average molecular weight is 630 g/mol. The van der Waals surface area contributed by atoms with Crippen molar-refractivity contribution >= 4 is 43.4 Å². The number of hydrogen-bond donors (Lipinski definition) is 3. The topological polar surface area (TPSA) is 146 Å². The van der Waals surface area contributed by atoms with Crippen LogP contribution in [0.1, 0.15) is 26.3 Å². The molecule has 0 aliphatic carbocycles. The second-order valence-corrected chi connectivity index (χ2v) is 14.2. The smallest absolute Gasteiger partial charge is 0.229 e. The van der Waals surface area contributed by atoms with E-state index in [0.717, 1.165) is 6.26 Å². The van der Waals surface area contributed by atoms with Crippen molar-refractivity contribution < 1.29 is 22.0 Å². The molecule has 10 nitrogen and oxygen atoms in total. The molecule has 4 aromatic heterocycles. The van der Waals surface area contributed by atoms with Crippen LogP contribution in [0.15, 0.2) is 61.1 Å². The maximum Gasteiger partial charge on any atom is 0.229 e. The predicted molar refractivity (Wildman–Crippen MR) is 169 cm³/mol. The number of imidazole rings is 1. The molecule has 0 fully saturated rings. The number of aromatic amines is 2. The molecule has 6 aromatic rings. The first kappa shape index (κ1) is 30.0. The van der Waals surface area contributed by atoms with E-state index in [1.807, 2.05) is 0 Å². The fraction of sp³-hybridized carbons (Fsp3) is 0.219. The highest BCUT2D eigenvalue weighted by Gasteiger charge is 2.22. The molecule has 1 amide bonds. The van der Waals surface area contributed by atoms with Gasteiger partial charge in [0.05, 0.1) is 28.8 Å². The Hall–Kier alpha value is -5.04. The quantitative estimate of drug-likeness (QED) is 0.194. The van der Waals surface area contributed by atoms with Gasteiger partial charge in [-0.15, -0.1) is 0 Å². The second-order valence-electron chi connectivity index (χ2n) is 12.0. The van der Waals surface area contributed by atoms with E-state index in [1.165, 1.54) is 24.4 Å². The van der Waals surface area contributed by atoms with Crippen LogP contribution in [0.5, 0.6) is 0 Å². The minimum atomic E-state index is -3.24. The van der Waals surface area contributed by atoms with Crippen molar-refractivity contribution in [1.29, 1.82) is 0 Å². The number of halogens is 2. The number of H-pyrrole nitrogens is 2. The van der Waals surface area contributed by atoms with Crippen molar-refractivity contribution in [2.24, 2.45) is 5.41 Å². The molecule has 0 saturated heterocycles. The molecule has 0 atom stereocenters. The first-order chi connectivity index (χ1) is 21.2. The molecule has 3 N–H and O–H groups in total. The molecule has 13 heteroatoms. The minimum absolute atomic E-state index is 0.110. The Morgan fingerprint density at radius 3 is 2.53 bits per heavy atom. The van der Waals surface area contributed by atoms with Gasteiger partial charge < -0.3 is 10.3 Å². The van der Waals surface area contributed by atoms with Crippen LogP contribution in [0.25, 0.3) is 55.8 Å². The molecule has 230 valence electrons. The molecule has 45 heavy (non-hydrogen) atoms. The third kappa shape index (κ3) is 6.29. The van der Waals surface area contributed by atoms with Gasteiger partial charge in [0.1, 0.15) is 32.4 Å². The maximum atomic E-state index is 15.3. The van der Waals surface area contributed by atoms with Gasteiger partial charge in [0.2, 0.25) is 5.91 Å². The summed E-state index contributed by atoms with van der Waals surface area (Å²) in [5.41, 5.74) is 3.90. The molecule has 4 heterocycles. The number of nitrogens with zero attached hydrogens (tertiary/aromatic N) is 4. The van der Waals surface area contributed by atoms with E-state index in [0.29, 0.717) is 61.6 Å². The Morgan fingerprint density at radius 2 is 1.78 bits per heavy atom. The van der Waals surface area contributed by atoms with E-state index in [-0.39, 0.29) is 23.6 Å². The molecule has 2 aromatic carbocycles. The molecule has 0 spiro atoms. The van der Waals surface area contributed by atoms with Gasteiger partial charge >= 0.3 is 0 Å². The Balaban J connectivity index is 1.40. The Labute approximate surface area is 257 Å². The minimum Gasteiger partial charge on any atom is -0.337 e. The summed E-state index contributed by atoms with van der Waals surface area (Å²) in [6.45, 7) is 5.41. The summed E-state index contributed by atoms with van der Waals surface area (Å²) >= 11 is 0. The highest BCUT2D eigenvalue weighted by Crippen LogP contribution is 2.34. The van der Waals surface area contributed by atoms with Gasteiger partial charge in [-0.2, -0.15) is 5.10 Å². The van der Waals surface area contributed by atoms with Crippen LogP contribution >= 0.6 is 0 Å². The molecule has 0 unspecified atom stereocenters. The van der Waals surface area contributed by atoms with Gasteiger partial charge in [-0.3, -0.25) is 19.9 Å². The summed E-state index contributed by atoms with van der Waals surface area (Å²) < 4.78 is 53.3. The monoisotopic (exact) mass is 629 g/mol. The number of pyridine rings is 2. The van der Waals surface area contributed by atoms with Crippen LogP contribution in [-0.2, 0) is 21.1 Å². The van der Waals surface area contributed by atoms with Gasteiger partial charge in [0.25, 0.3) is 0 Å². The van der Waals surface area contributed by atoms with Crippen molar-refractivity contribution in [3.63, 3.8) is 0 Å². The Kier molecular flexibility index (Phi) is 7.43. The van der Waals surface area contributed by atoms with Crippen LogP contribution in [0, 0.1) is 17.0 Å². The van der Waals surface area contributed by atoms with Gasteiger partial charge in [0.15, 0.2) is 11.6 Å². The summed E-state index contributed by atoms with van der Waals surface area (Å²) in [6, 6.07) is 10.9. The van der Waals surface area contributed by atoms with Gasteiger partial charge in [0, 0.05) is 40.6 Å². The zero-order valence-electron chi connectivity index (χ0n) is 24.9. The number of carbonyl (C=O) groups is 1. The molecule has 0 saturated carbocycles. The number of aryl methyl sites for hydroxylation is 1. The lowest BCUT2D eigenvalue weighted by Crippen LogP contribution is -2.27. The standard InChI is InChI=1S/C32H29F2N7O3S/c1-32(2,3)31(42)37-22-12-20(15-35-16-22)18-13-23-27(24(34)14-18)40-41-28(23)30-38-25-5-7-36-26(29(25)39-30)19-9-17(10-21(33)11-19)6-8-45(4,43)44/h5,7,9-16H,6,8H2,1-4H3,(H,37,42)(H,38,39)(H,40,41). The Bertz CT molecular complexity index is 2220. The molecular weight excluding hydrogens is 600 g/mol. The van der Waals surface area contributed by atoms with E-state index < -0.39 is 26.9 Å². The van der Waals surface area contributed by atoms with Crippen LogP contribution < -0.4 is 5.32 Å². The number of nitrogens with one attached hydrogen (secondary N) is 3. The number of hydrogen-bond acceptors (Lipinski definition) is 7. The van der Waals surface area contributed by atoms with Crippen molar-refractivity contribution in [3.05, 3.63) is 78.3 Å². The summed E-state index contributed by atoms with van der Waals surface area (Å²) in [4.78, 5) is 29.1. The van der Waals surface area contributed by atoms with Gasteiger partial charge in [-0.25, -0.2) is 22.2 Å². The number of anilines is 1. The highest BCUT2D eigenvalue weighted by atomic mass is 32.2. The zero-order chi connectivity index (χ0) is 32.1. The highest BCUT2D eigenvalue weighted by molar-refractivity contribution is 7.90. The molecule has 0 aliphatic heterocycles. The second kappa shape index (κ2) is 11.1. The SMILES string of the molecule is CC(C)(C)C(=O)Nc1cncc(-c2cc(F)c3n[nH]c(-c4nc5c(-c6cc(F)cc(CCS(C)(=O)=O)c6)nccc5[nH]4)c3c2)c1. The van der Waals surface area contributed by atoms with Crippen molar-refractivity contribution in [2.45, 2.75) is 27.2 Å². The van der Waals surface area contributed by atoms with Gasteiger partial charge in [-0.05, 0) is 60.0 Å². The van der Waals surface area contributed by atoms with Crippen molar-refractivity contribution in [1.82, 2.24) is 30.1 Å². The Morgan fingerprint density at radius 1 is 0.978 bits per heavy atom. The molecular formula is C32H29F2N7O3S. The first-order valence-electron chi connectivity index (χ1n) is 14.0. The lowest BCUT2D eigenvalue weighted by atomic mass is 9.95. The molecule has 0 aliphatic rings. The average Bonchev–Trinajstić information content (AvgIpc) is 3.59. The number of fused-ring (bicyclic) bond motifs is 2. The third-order valence-electron chi connectivity index (χ3n) is 7.25. The molecule has 0 bridgehead atoms. The number of carbonyl (C=O) groups excluding carboxylic acids is 1. The van der Waals surface area contributed by atoms with E-state index in [1.54, 1.807) is 57.4 Å². The summed E-state index contributed by atoms with van der Waals surface area (Å²) in [5, 5.41) is 10.4. The van der Waals surface area contributed by atoms with Crippen LogP contribution in [0.2, 0.25) is 0 Å². The number of rotatable bonds is 7. The van der Waals surface area contributed by atoms with E-state index >= 15 is 4.39 Å². The maximum absolute atomic E-state index is 15.3. The third-order valence-corrected chi connectivity index (χ3v) is 8.20. The number of amides is 1. The summed E-state index contributed by atoms with van der Waals surface area (Å²) in [6.07, 6.45) is 5.95. The first-order valence-corrected chi connectivity index (χ1v) is 16.1.